The van der Waals surface area contributed by atoms with Crippen molar-refractivity contribution in [1.82, 2.24) is 5.32 Å². The number of carbonyl (C=O) groups excluding carboxylic acids is 2. The van der Waals surface area contributed by atoms with E-state index in [-0.39, 0.29) is 11.8 Å². The molecule has 0 spiro atoms. The second-order valence-electron chi connectivity index (χ2n) is 5.35. The molecule has 5 nitrogen and oxygen atoms in total. The number of hydrogen-bond acceptors (Lipinski definition) is 5. The molecule has 1 saturated heterocycles. The number of hydrogen-bond donors (Lipinski definition) is 2. The second-order valence-corrected chi connectivity index (χ2v) is 6.26. The van der Waals surface area contributed by atoms with Crippen molar-refractivity contribution in [3.05, 3.63) is 16.3 Å². The Morgan fingerprint density at radius 3 is 2.80 bits per heavy atom. The molecule has 0 bridgehead atoms. The number of amides is 1. The van der Waals surface area contributed by atoms with Gasteiger partial charge in [-0.3, -0.25) is 4.79 Å². The van der Waals surface area contributed by atoms with Gasteiger partial charge in [0.25, 0.3) is 0 Å². The Morgan fingerprint density at radius 1 is 1.50 bits per heavy atom. The van der Waals surface area contributed by atoms with Crippen molar-refractivity contribution in [1.29, 1.82) is 0 Å². The van der Waals surface area contributed by atoms with Crippen LogP contribution in [0.5, 0.6) is 0 Å². The second kappa shape index (κ2) is 5.93. The molecule has 2 rings (SSSR count). The SMILES string of the molecule is COC(=O)c1sccc1NC(=O)C1(C(C)C)CCNC1. The third-order valence-corrected chi connectivity index (χ3v) is 4.92. The molecule has 2 N–H and O–H groups in total. The Kier molecular flexibility index (Phi) is 4.45. The Balaban J connectivity index is 2.19. The first-order valence-corrected chi connectivity index (χ1v) is 7.57. The van der Waals surface area contributed by atoms with E-state index in [1.165, 1.54) is 18.4 Å². The fourth-order valence-electron chi connectivity index (χ4n) is 2.57. The molecular formula is C14H20N2O3S. The zero-order valence-electron chi connectivity index (χ0n) is 12.0. The molecule has 1 aliphatic heterocycles. The predicted molar refractivity (Wildman–Crippen MR) is 79.0 cm³/mol. The van der Waals surface area contributed by atoms with E-state index in [0.717, 1.165) is 13.0 Å². The molecule has 1 fully saturated rings. The summed E-state index contributed by atoms with van der Waals surface area (Å²) in [5, 5.41) is 7.93. The average Bonchev–Trinajstić information content (AvgIpc) is 3.07. The molecule has 1 amide bonds. The molecule has 2 heterocycles. The Labute approximate surface area is 122 Å². The Hall–Kier alpha value is -1.40. The minimum absolute atomic E-state index is 0.0268. The molecule has 0 saturated carbocycles. The lowest BCUT2D eigenvalue weighted by Crippen LogP contribution is -2.42. The van der Waals surface area contributed by atoms with Gasteiger partial charge in [-0.2, -0.15) is 0 Å². The number of carbonyl (C=O) groups is 2. The van der Waals surface area contributed by atoms with Gasteiger partial charge >= 0.3 is 5.97 Å². The summed E-state index contributed by atoms with van der Waals surface area (Å²) in [5.74, 6) is -0.211. The maximum absolute atomic E-state index is 12.6. The van der Waals surface area contributed by atoms with Crippen LogP contribution in [-0.2, 0) is 9.53 Å². The minimum Gasteiger partial charge on any atom is -0.465 e. The Morgan fingerprint density at radius 2 is 2.25 bits per heavy atom. The van der Waals surface area contributed by atoms with Crippen LogP contribution in [0.3, 0.4) is 0 Å². The van der Waals surface area contributed by atoms with Gasteiger partial charge in [0, 0.05) is 6.54 Å². The topological polar surface area (TPSA) is 67.4 Å². The molecule has 110 valence electrons. The van der Waals surface area contributed by atoms with Crippen LogP contribution in [0.2, 0.25) is 0 Å². The fraction of sp³-hybridized carbons (Fsp3) is 0.571. The van der Waals surface area contributed by atoms with Crippen LogP contribution >= 0.6 is 11.3 Å². The number of methoxy groups -OCH3 is 1. The monoisotopic (exact) mass is 296 g/mol. The van der Waals surface area contributed by atoms with Crippen LogP contribution in [0.15, 0.2) is 11.4 Å². The molecule has 1 aromatic rings. The van der Waals surface area contributed by atoms with Crippen LogP contribution in [0.25, 0.3) is 0 Å². The van der Waals surface area contributed by atoms with E-state index in [2.05, 4.69) is 24.5 Å². The smallest absolute Gasteiger partial charge is 0.350 e. The lowest BCUT2D eigenvalue weighted by molar-refractivity contribution is -0.126. The van der Waals surface area contributed by atoms with E-state index >= 15 is 0 Å². The van der Waals surface area contributed by atoms with Crippen molar-refractivity contribution in [2.24, 2.45) is 11.3 Å². The molecule has 0 aromatic carbocycles. The summed E-state index contributed by atoms with van der Waals surface area (Å²) in [6.07, 6.45) is 0.814. The van der Waals surface area contributed by atoms with E-state index in [4.69, 9.17) is 4.74 Å². The van der Waals surface area contributed by atoms with Crippen molar-refractivity contribution in [2.45, 2.75) is 20.3 Å². The van der Waals surface area contributed by atoms with Crippen molar-refractivity contribution in [3.63, 3.8) is 0 Å². The quantitative estimate of drug-likeness (QED) is 0.835. The summed E-state index contributed by atoms with van der Waals surface area (Å²) in [4.78, 5) is 24.7. The van der Waals surface area contributed by atoms with Gasteiger partial charge in [-0.15, -0.1) is 11.3 Å². The number of nitrogens with one attached hydrogen (secondary N) is 2. The number of anilines is 1. The summed E-state index contributed by atoms with van der Waals surface area (Å²) in [7, 11) is 1.34. The highest BCUT2D eigenvalue weighted by Crippen LogP contribution is 2.36. The summed E-state index contributed by atoms with van der Waals surface area (Å²) >= 11 is 1.27. The number of thiophene rings is 1. The standard InChI is InChI=1S/C14H20N2O3S/c1-9(2)14(5-6-15-8-14)13(18)16-10-4-7-20-11(10)12(17)19-3/h4,7,9,15H,5-6,8H2,1-3H3,(H,16,18). The summed E-state index contributed by atoms with van der Waals surface area (Å²) < 4.78 is 4.72. The van der Waals surface area contributed by atoms with Gasteiger partial charge < -0.3 is 15.4 Å². The molecule has 6 heteroatoms. The molecule has 0 radical (unpaired) electrons. The largest absolute Gasteiger partial charge is 0.465 e. The van der Waals surface area contributed by atoms with Crippen molar-refractivity contribution < 1.29 is 14.3 Å². The lowest BCUT2D eigenvalue weighted by atomic mass is 9.75. The van der Waals surface area contributed by atoms with Gasteiger partial charge in [0.2, 0.25) is 5.91 Å². The van der Waals surface area contributed by atoms with Crippen LogP contribution < -0.4 is 10.6 Å². The normalized spacial score (nSPS) is 22.0. The van der Waals surface area contributed by atoms with Gasteiger partial charge in [-0.25, -0.2) is 4.79 Å². The molecule has 20 heavy (non-hydrogen) atoms. The van der Waals surface area contributed by atoms with Crippen LogP contribution in [0.4, 0.5) is 5.69 Å². The first-order valence-electron chi connectivity index (χ1n) is 6.69. The summed E-state index contributed by atoms with van der Waals surface area (Å²) in [6, 6.07) is 1.74. The highest BCUT2D eigenvalue weighted by atomic mass is 32.1. The first-order chi connectivity index (χ1) is 9.51. The number of esters is 1. The zero-order valence-corrected chi connectivity index (χ0v) is 12.8. The van der Waals surface area contributed by atoms with Crippen LogP contribution in [-0.4, -0.2) is 32.1 Å². The molecular weight excluding hydrogens is 276 g/mol. The predicted octanol–water partition coefficient (Wildman–Crippen LogP) is 2.11. The number of rotatable bonds is 4. The zero-order chi connectivity index (χ0) is 14.8. The highest BCUT2D eigenvalue weighted by molar-refractivity contribution is 7.12. The molecule has 1 atom stereocenters. The van der Waals surface area contributed by atoms with Gasteiger partial charge in [-0.1, -0.05) is 13.8 Å². The van der Waals surface area contributed by atoms with Crippen molar-refractivity contribution in [2.75, 3.05) is 25.5 Å². The van der Waals surface area contributed by atoms with Gasteiger partial charge in [0.15, 0.2) is 0 Å². The number of ether oxygens (including phenoxy) is 1. The highest BCUT2D eigenvalue weighted by Gasteiger charge is 2.44. The first kappa shape index (κ1) is 15.0. The third kappa shape index (κ3) is 2.58. The fourth-order valence-corrected chi connectivity index (χ4v) is 3.33. The van der Waals surface area contributed by atoms with Crippen molar-refractivity contribution in [3.8, 4) is 0 Å². The summed E-state index contributed by atoms with van der Waals surface area (Å²) in [6.45, 7) is 5.64. The molecule has 0 aliphatic carbocycles. The maximum Gasteiger partial charge on any atom is 0.350 e. The third-order valence-electron chi connectivity index (χ3n) is 4.03. The lowest BCUT2D eigenvalue weighted by Gasteiger charge is -2.31. The van der Waals surface area contributed by atoms with E-state index in [9.17, 15) is 9.59 Å². The maximum atomic E-state index is 12.6. The van der Waals surface area contributed by atoms with E-state index in [0.29, 0.717) is 17.1 Å². The molecule has 1 unspecified atom stereocenters. The van der Waals surface area contributed by atoms with E-state index in [1.54, 1.807) is 11.4 Å². The van der Waals surface area contributed by atoms with Crippen LogP contribution in [0, 0.1) is 11.3 Å². The van der Waals surface area contributed by atoms with Crippen LogP contribution in [0.1, 0.15) is 29.9 Å². The Bertz CT molecular complexity index is 504. The van der Waals surface area contributed by atoms with Gasteiger partial charge in [0.05, 0.1) is 18.2 Å². The minimum atomic E-state index is -0.418. The molecule has 1 aromatic heterocycles. The van der Waals surface area contributed by atoms with Gasteiger partial charge in [-0.05, 0) is 30.3 Å². The van der Waals surface area contributed by atoms with Gasteiger partial charge in [0.1, 0.15) is 4.88 Å². The van der Waals surface area contributed by atoms with Crippen molar-refractivity contribution >= 4 is 28.9 Å². The summed E-state index contributed by atoms with van der Waals surface area (Å²) in [5.41, 5.74) is 0.133. The average molecular weight is 296 g/mol. The van der Waals surface area contributed by atoms with E-state index in [1.807, 2.05) is 0 Å². The molecule has 1 aliphatic rings. The van der Waals surface area contributed by atoms with E-state index < -0.39 is 11.4 Å².